The molecule has 32 heavy (non-hydrogen) atoms. The van der Waals surface area contributed by atoms with Crippen molar-refractivity contribution in [2.45, 2.75) is 31.1 Å². The van der Waals surface area contributed by atoms with Crippen molar-refractivity contribution in [2.75, 3.05) is 6.61 Å². The number of carbonyl (C=O) groups excluding carboxylic acids is 1. The first-order valence-corrected chi connectivity index (χ1v) is 11.0. The number of ether oxygens (including phenoxy) is 1. The van der Waals surface area contributed by atoms with E-state index in [1.54, 1.807) is 14.0 Å². The molecule has 170 valence electrons. The zero-order valence-electron chi connectivity index (χ0n) is 17.4. The molecule has 0 bridgehead atoms. The van der Waals surface area contributed by atoms with E-state index in [0.29, 0.717) is 5.69 Å². The van der Waals surface area contributed by atoms with E-state index in [1.165, 1.54) is 46.9 Å². The van der Waals surface area contributed by atoms with E-state index in [1.807, 2.05) is 4.72 Å². The number of rotatable bonds is 7. The molecule has 1 aliphatic carbocycles. The van der Waals surface area contributed by atoms with Crippen molar-refractivity contribution in [3.63, 3.8) is 0 Å². The van der Waals surface area contributed by atoms with Crippen molar-refractivity contribution in [2.24, 2.45) is 12.5 Å². The van der Waals surface area contributed by atoms with E-state index in [4.69, 9.17) is 4.74 Å². The highest BCUT2D eigenvalue weighted by Crippen LogP contribution is 2.60. The largest absolute Gasteiger partial charge is 0.476 e. The lowest BCUT2D eigenvalue weighted by atomic mass is 10.1. The van der Waals surface area contributed by atoms with Gasteiger partial charge in [0.2, 0.25) is 5.88 Å². The molecule has 1 saturated carbocycles. The second-order valence-corrected chi connectivity index (χ2v) is 9.51. The number of hydrogen-bond acceptors (Lipinski definition) is 7. The fourth-order valence-electron chi connectivity index (χ4n) is 3.07. The van der Waals surface area contributed by atoms with Crippen LogP contribution in [0.25, 0.3) is 5.82 Å². The lowest BCUT2D eigenvalue weighted by molar-refractivity contribution is 0.0489. The van der Waals surface area contributed by atoms with Crippen molar-refractivity contribution in [3.8, 4) is 11.7 Å². The number of aromatic nitrogens is 5. The summed E-state index contributed by atoms with van der Waals surface area (Å²) in [6.07, 6.45) is 3.73. The Balaban J connectivity index is 1.54. The standard InChI is InChI=1S/C19H20F2N6O4S/c1-12-14(9-23-26(12)3)32(29,30)25-17(28)13-5-4-7-22-16(13)27-8-6-15(24-27)31-11-18(2)10-19(18,20)21/h4-9H,10-11H2,1-3H3,(H,25,28). The first-order chi connectivity index (χ1) is 14.9. The second-order valence-electron chi connectivity index (χ2n) is 7.86. The maximum absolute atomic E-state index is 13.4. The number of nitrogens with one attached hydrogen (secondary N) is 1. The number of halogens is 2. The number of aryl methyl sites for hydroxylation is 1. The Labute approximate surface area is 182 Å². The van der Waals surface area contributed by atoms with Crippen molar-refractivity contribution < 1.29 is 26.7 Å². The Bertz CT molecular complexity index is 1300. The van der Waals surface area contributed by atoms with Crippen LogP contribution < -0.4 is 9.46 Å². The van der Waals surface area contributed by atoms with E-state index >= 15 is 0 Å². The van der Waals surface area contributed by atoms with Gasteiger partial charge in [-0.25, -0.2) is 31.6 Å². The minimum Gasteiger partial charge on any atom is -0.476 e. The molecule has 1 fully saturated rings. The normalized spacial score (nSPS) is 19.5. The molecule has 3 aromatic heterocycles. The number of sulfonamides is 1. The summed E-state index contributed by atoms with van der Waals surface area (Å²) in [5.74, 6) is -3.56. The van der Waals surface area contributed by atoms with Crippen molar-refractivity contribution in [3.05, 3.63) is 48.0 Å². The topological polar surface area (TPSA) is 121 Å². The maximum Gasteiger partial charge on any atom is 0.268 e. The summed E-state index contributed by atoms with van der Waals surface area (Å²) in [6, 6.07) is 4.30. The predicted molar refractivity (Wildman–Crippen MR) is 107 cm³/mol. The Morgan fingerprint density at radius 3 is 2.69 bits per heavy atom. The molecular weight excluding hydrogens is 446 g/mol. The highest BCUT2D eigenvalue weighted by atomic mass is 32.2. The van der Waals surface area contributed by atoms with Gasteiger partial charge in [-0.05, 0) is 19.1 Å². The predicted octanol–water partition coefficient (Wildman–Crippen LogP) is 1.85. The maximum atomic E-state index is 13.4. The SMILES string of the molecule is Cc1c(S(=O)(=O)NC(=O)c2cccnc2-n2ccc(OCC3(C)CC3(F)F)n2)cnn1C. The number of hydrogen-bond donors (Lipinski definition) is 1. The monoisotopic (exact) mass is 466 g/mol. The minimum atomic E-state index is -4.18. The Morgan fingerprint density at radius 1 is 1.34 bits per heavy atom. The van der Waals surface area contributed by atoms with Crippen LogP contribution in [0.15, 0.2) is 41.7 Å². The molecule has 0 spiro atoms. The lowest BCUT2D eigenvalue weighted by Crippen LogP contribution is -2.32. The van der Waals surface area contributed by atoms with E-state index in [2.05, 4.69) is 15.2 Å². The van der Waals surface area contributed by atoms with Gasteiger partial charge < -0.3 is 4.74 Å². The molecule has 1 N–H and O–H groups in total. The fourth-order valence-corrected chi connectivity index (χ4v) is 4.24. The Morgan fingerprint density at radius 2 is 2.06 bits per heavy atom. The third kappa shape index (κ3) is 3.83. The summed E-state index contributed by atoms with van der Waals surface area (Å²) in [4.78, 5) is 16.8. The average molecular weight is 466 g/mol. The average Bonchev–Trinajstić information content (AvgIpc) is 3.09. The molecule has 0 aromatic carbocycles. The van der Waals surface area contributed by atoms with Gasteiger partial charge in [0.05, 0.1) is 22.9 Å². The summed E-state index contributed by atoms with van der Waals surface area (Å²) in [7, 11) is -2.60. The highest BCUT2D eigenvalue weighted by Gasteiger charge is 2.68. The molecule has 0 saturated heterocycles. The summed E-state index contributed by atoms with van der Waals surface area (Å²) >= 11 is 0. The van der Waals surface area contributed by atoms with Crippen molar-refractivity contribution in [1.82, 2.24) is 29.3 Å². The van der Waals surface area contributed by atoms with Crippen LogP contribution in [0.4, 0.5) is 8.78 Å². The van der Waals surface area contributed by atoms with Gasteiger partial charge in [-0.1, -0.05) is 6.92 Å². The molecule has 13 heteroatoms. The highest BCUT2D eigenvalue weighted by molar-refractivity contribution is 7.90. The first-order valence-electron chi connectivity index (χ1n) is 9.51. The van der Waals surface area contributed by atoms with Gasteiger partial charge in [0.25, 0.3) is 21.9 Å². The van der Waals surface area contributed by atoms with Gasteiger partial charge in [-0.15, -0.1) is 5.10 Å². The van der Waals surface area contributed by atoms with Crippen LogP contribution in [0.5, 0.6) is 5.88 Å². The molecule has 1 aliphatic rings. The summed E-state index contributed by atoms with van der Waals surface area (Å²) < 4.78 is 62.0. The smallest absolute Gasteiger partial charge is 0.268 e. The second kappa shape index (κ2) is 7.36. The van der Waals surface area contributed by atoms with Crippen LogP contribution in [0.3, 0.4) is 0 Å². The van der Waals surface area contributed by atoms with Gasteiger partial charge in [0, 0.05) is 31.9 Å². The van der Waals surface area contributed by atoms with E-state index in [-0.39, 0.29) is 35.2 Å². The van der Waals surface area contributed by atoms with Gasteiger partial charge in [-0.2, -0.15) is 5.10 Å². The van der Waals surface area contributed by atoms with Gasteiger partial charge in [0.1, 0.15) is 11.5 Å². The van der Waals surface area contributed by atoms with Crippen LogP contribution in [0.2, 0.25) is 0 Å². The third-order valence-electron chi connectivity index (χ3n) is 5.43. The molecule has 1 atom stereocenters. The number of amides is 1. The molecule has 1 unspecified atom stereocenters. The molecule has 0 radical (unpaired) electrons. The number of alkyl halides is 2. The fraction of sp³-hybridized carbons (Fsp3) is 0.368. The van der Waals surface area contributed by atoms with E-state index in [9.17, 15) is 22.0 Å². The lowest BCUT2D eigenvalue weighted by Gasteiger charge is -2.11. The van der Waals surface area contributed by atoms with Gasteiger partial charge in [0.15, 0.2) is 5.82 Å². The molecule has 3 heterocycles. The summed E-state index contributed by atoms with van der Waals surface area (Å²) in [5.41, 5.74) is -0.931. The van der Waals surface area contributed by atoms with Crippen LogP contribution in [-0.4, -0.2) is 51.4 Å². The Kier molecular flexibility index (Phi) is 5.03. The molecule has 4 rings (SSSR count). The summed E-state index contributed by atoms with van der Waals surface area (Å²) in [5, 5.41) is 8.00. The van der Waals surface area contributed by atoms with Crippen LogP contribution in [0, 0.1) is 12.3 Å². The Hall–Kier alpha value is -3.35. The minimum absolute atomic E-state index is 0.0425. The van der Waals surface area contributed by atoms with Crippen LogP contribution >= 0.6 is 0 Å². The van der Waals surface area contributed by atoms with Crippen LogP contribution in [-0.2, 0) is 17.1 Å². The zero-order valence-corrected chi connectivity index (χ0v) is 18.2. The molecular formula is C19H20F2N6O4S. The number of nitrogens with zero attached hydrogens (tertiary/aromatic N) is 5. The van der Waals surface area contributed by atoms with E-state index in [0.717, 1.165) is 6.20 Å². The van der Waals surface area contributed by atoms with Crippen LogP contribution in [0.1, 0.15) is 29.4 Å². The molecule has 3 aromatic rings. The van der Waals surface area contributed by atoms with Gasteiger partial charge in [-0.3, -0.25) is 9.48 Å². The molecule has 1 amide bonds. The quantitative estimate of drug-likeness (QED) is 0.564. The summed E-state index contributed by atoms with van der Waals surface area (Å²) in [6.45, 7) is 2.77. The first kappa shape index (κ1) is 21.9. The van der Waals surface area contributed by atoms with Crippen molar-refractivity contribution in [1.29, 1.82) is 0 Å². The molecule has 10 nitrogen and oxygen atoms in total. The molecule has 0 aliphatic heterocycles. The zero-order chi connectivity index (χ0) is 23.3. The van der Waals surface area contributed by atoms with E-state index < -0.39 is 27.3 Å². The van der Waals surface area contributed by atoms with Gasteiger partial charge >= 0.3 is 0 Å². The number of pyridine rings is 1. The van der Waals surface area contributed by atoms with Crippen molar-refractivity contribution >= 4 is 15.9 Å². The third-order valence-corrected chi connectivity index (χ3v) is 6.86. The number of carbonyl (C=O) groups is 1.